The van der Waals surface area contributed by atoms with Gasteiger partial charge < -0.3 is 4.74 Å². The van der Waals surface area contributed by atoms with Gasteiger partial charge in [-0.1, -0.05) is 6.07 Å². The highest BCUT2D eigenvalue weighted by atomic mass is 35.5. The van der Waals surface area contributed by atoms with E-state index in [0.29, 0.717) is 5.56 Å². The molecule has 0 amide bonds. The maximum atomic E-state index is 13.1. The Bertz CT molecular complexity index is 348. The van der Waals surface area contributed by atoms with E-state index in [0.717, 1.165) is 0 Å². The molecule has 4 heteroatoms. The van der Waals surface area contributed by atoms with Crippen molar-refractivity contribution in [2.75, 3.05) is 7.11 Å². The summed E-state index contributed by atoms with van der Waals surface area (Å²) in [7, 11) is 1.38. The molecule has 1 rings (SSSR count). The molecule has 0 fully saturated rings. The summed E-state index contributed by atoms with van der Waals surface area (Å²) in [5, 5.41) is 7.65. The molecule has 0 heterocycles. The minimum atomic E-state index is -0.819. The second-order valence-corrected chi connectivity index (χ2v) is 2.82. The fourth-order valence-electron chi connectivity index (χ4n) is 0.915. The lowest BCUT2D eigenvalue weighted by atomic mass is 10.1. The lowest BCUT2D eigenvalue weighted by Gasteiger charge is -2.04. The molecular weight excluding hydrogens is 193 g/mol. The summed E-state index contributed by atoms with van der Waals surface area (Å²) in [5.41, 5.74) is 0.433. The van der Waals surface area contributed by atoms with Crippen LogP contribution in [0.5, 0.6) is 5.75 Å². The van der Waals surface area contributed by atoms with Gasteiger partial charge in [-0.25, -0.2) is 4.39 Å². The van der Waals surface area contributed by atoms with Gasteiger partial charge in [0.25, 0.3) is 0 Å². The minimum absolute atomic E-state index is 0.144. The van der Waals surface area contributed by atoms with Crippen LogP contribution in [0.2, 0.25) is 0 Å². The fraction of sp³-hybridized carbons (Fsp3) is 0.222. The summed E-state index contributed by atoms with van der Waals surface area (Å²) in [6.45, 7) is 0. The molecule has 0 aliphatic heterocycles. The number of hydrogen-bond donors (Lipinski definition) is 0. The molecule has 13 heavy (non-hydrogen) atoms. The molecule has 1 unspecified atom stereocenters. The molecule has 0 radical (unpaired) electrons. The van der Waals surface area contributed by atoms with E-state index in [9.17, 15) is 4.39 Å². The number of hydrogen-bond acceptors (Lipinski definition) is 2. The zero-order valence-corrected chi connectivity index (χ0v) is 7.68. The number of alkyl halides is 1. The zero-order chi connectivity index (χ0) is 9.84. The molecule has 0 aliphatic rings. The molecule has 1 atom stereocenters. The van der Waals surface area contributed by atoms with Crippen LogP contribution in [0.25, 0.3) is 0 Å². The van der Waals surface area contributed by atoms with Crippen molar-refractivity contribution in [3.8, 4) is 11.8 Å². The van der Waals surface area contributed by atoms with Crippen molar-refractivity contribution in [3.05, 3.63) is 29.6 Å². The maximum Gasteiger partial charge on any atom is 0.165 e. The van der Waals surface area contributed by atoms with E-state index in [1.807, 2.05) is 0 Å². The Morgan fingerprint density at radius 1 is 1.62 bits per heavy atom. The SMILES string of the molecule is COc1ccc(C(Cl)C#N)cc1F. The Kier molecular flexibility index (Phi) is 3.10. The number of benzene rings is 1. The fourth-order valence-corrected chi connectivity index (χ4v) is 1.05. The first kappa shape index (κ1) is 9.82. The van der Waals surface area contributed by atoms with Crippen LogP contribution in [0.1, 0.15) is 10.9 Å². The summed E-state index contributed by atoms with van der Waals surface area (Å²) in [6.07, 6.45) is 0. The lowest BCUT2D eigenvalue weighted by Crippen LogP contribution is -1.92. The second kappa shape index (κ2) is 4.11. The van der Waals surface area contributed by atoms with Crippen LogP contribution in [0.3, 0.4) is 0 Å². The normalized spacial score (nSPS) is 11.8. The largest absolute Gasteiger partial charge is 0.494 e. The Morgan fingerprint density at radius 3 is 2.77 bits per heavy atom. The molecule has 1 aromatic rings. The number of nitrogens with zero attached hydrogens (tertiary/aromatic N) is 1. The Morgan fingerprint density at radius 2 is 2.31 bits per heavy atom. The van der Waals surface area contributed by atoms with Crippen LogP contribution in [-0.4, -0.2) is 7.11 Å². The average Bonchev–Trinajstić information content (AvgIpc) is 2.16. The van der Waals surface area contributed by atoms with Crippen LogP contribution < -0.4 is 4.74 Å². The highest BCUT2D eigenvalue weighted by Gasteiger charge is 2.09. The van der Waals surface area contributed by atoms with Crippen molar-refractivity contribution in [1.29, 1.82) is 5.26 Å². The highest BCUT2D eigenvalue weighted by Crippen LogP contribution is 2.24. The molecule has 1 aromatic carbocycles. The molecular formula is C9H7ClFNO. The predicted octanol–water partition coefficient (Wildman–Crippen LogP) is 2.64. The molecule has 0 spiro atoms. The minimum Gasteiger partial charge on any atom is -0.494 e. The third kappa shape index (κ3) is 2.10. The predicted molar refractivity (Wildman–Crippen MR) is 47.2 cm³/mol. The molecule has 2 nitrogen and oxygen atoms in total. The van der Waals surface area contributed by atoms with Gasteiger partial charge in [-0.15, -0.1) is 11.6 Å². The zero-order valence-electron chi connectivity index (χ0n) is 6.92. The van der Waals surface area contributed by atoms with Crippen molar-refractivity contribution in [1.82, 2.24) is 0 Å². The van der Waals surface area contributed by atoms with Crippen LogP contribution in [0, 0.1) is 17.1 Å². The van der Waals surface area contributed by atoms with Crippen molar-refractivity contribution >= 4 is 11.6 Å². The van der Waals surface area contributed by atoms with Gasteiger partial charge in [-0.3, -0.25) is 0 Å². The van der Waals surface area contributed by atoms with Crippen molar-refractivity contribution < 1.29 is 9.13 Å². The van der Waals surface area contributed by atoms with Gasteiger partial charge in [0, 0.05) is 0 Å². The van der Waals surface area contributed by atoms with Gasteiger partial charge in [0.1, 0.15) is 5.38 Å². The van der Waals surface area contributed by atoms with E-state index in [1.165, 1.54) is 19.2 Å². The maximum absolute atomic E-state index is 13.1. The van der Waals surface area contributed by atoms with Gasteiger partial charge in [-0.05, 0) is 17.7 Å². The molecule has 0 saturated carbocycles. The molecule has 0 aliphatic carbocycles. The first-order valence-electron chi connectivity index (χ1n) is 3.56. The number of rotatable bonds is 2. The van der Waals surface area contributed by atoms with E-state index < -0.39 is 11.2 Å². The number of nitriles is 1. The number of halogens is 2. The number of methoxy groups -OCH3 is 1. The summed E-state index contributed by atoms with van der Waals surface area (Å²) in [6, 6.07) is 6.00. The van der Waals surface area contributed by atoms with Gasteiger partial charge in [0.15, 0.2) is 11.6 Å². The molecule has 0 bridgehead atoms. The van der Waals surface area contributed by atoms with Crippen molar-refractivity contribution in [3.63, 3.8) is 0 Å². The van der Waals surface area contributed by atoms with Gasteiger partial charge in [-0.2, -0.15) is 5.26 Å². The summed E-state index contributed by atoms with van der Waals surface area (Å²) in [5.74, 6) is -0.369. The van der Waals surface area contributed by atoms with E-state index in [2.05, 4.69) is 0 Å². The summed E-state index contributed by atoms with van der Waals surface area (Å²) in [4.78, 5) is 0. The Labute approximate surface area is 80.5 Å². The van der Waals surface area contributed by atoms with Gasteiger partial charge in [0.2, 0.25) is 0 Å². The third-order valence-corrected chi connectivity index (χ3v) is 1.93. The third-order valence-electron chi connectivity index (χ3n) is 1.58. The molecule has 0 saturated heterocycles. The molecule has 0 N–H and O–H groups in total. The molecule has 68 valence electrons. The van der Waals surface area contributed by atoms with Crippen LogP contribution in [0.15, 0.2) is 18.2 Å². The standard InChI is InChI=1S/C9H7ClFNO/c1-13-9-3-2-6(4-8(9)11)7(10)5-12/h2-4,7H,1H3. The van der Waals surface area contributed by atoms with Gasteiger partial charge >= 0.3 is 0 Å². The topological polar surface area (TPSA) is 33.0 Å². The van der Waals surface area contributed by atoms with E-state index >= 15 is 0 Å². The average molecular weight is 200 g/mol. The first-order chi connectivity index (χ1) is 6.19. The van der Waals surface area contributed by atoms with Crippen molar-refractivity contribution in [2.24, 2.45) is 0 Å². The van der Waals surface area contributed by atoms with E-state index in [1.54, 1.807) is 12.1 Å². The first-order valence-corrected chi connectivity index (χ1v) is 3.99. The van der Waals surface area contributed by atoms with Crippen molar-refractivity contribution in [2.45, 2.75) is 5.38 Å². The second-order valence-electron chi connectivity index (χ2n) is 2.39. The molecule has 0 aromatic heterocycles. The Balaban J connectivity index is 3.04. The lowest BCUT2D eigenvalue weighted by molar-refractivity contribution is 0.386. The number of ether oxygens (including phenoxy) is 1. The quantitative estimate of drug-likeness (QED) is 0.686. The highest BCUT2D eigenvalue weighted by molar-refractivity contribution is 6.22. The monoisotopic (exact) mass is 199 g/mol. The van der Waals surface area contributed by atoms with Crippen LogP contribution >= 0.6 is 11.6 Å². The summed E-state index contributed by atoms with van der Waals surface area (Å²) < 4.78 is 17.8. The van der Waals surface area contributed by atoms with E-state index in [-0.39, 0.29) is 5.75 Å². The van der Waals surface area contributed by atoms with E-state index in [4.69, 9.17) is 21.6 Å². The smallest absolute Gasteiger partial charge is 0.165 e. The van der Waals surface area contributed by atoms with Crippen LogP contribution in [0.4, 0.5) is 4.39 Å². The van der Waals surface area contributed by atoms with Crippen LogP contribution in [-0.2, 0) is 0 Å². The Hall–Kier alpha value is -1.27. The summed E-state index contributed by atoms with van der Waals surface area (Å²) >= 11 is 5.59. The van der Waals surface area contributed by atoms with Gasteiger partial charge in [0.05, 0.1) is 13.2 Å².